The largest absolute Gasteiger partial charge is 0.480 e. The molecule has 1 unspecified atom stereocenters. The molecule has 0 saturated carbocycles. The summed E-state index contributed by atoms with van der Waals surface area (Å²) in [7, 11) is 1.57. The van der Waals surface area contributed by atoms with Crippen molar-refractivity contribution < 1.29 is 19.4 Å². The van der Waals surface area contributed by atoms with E-state index in [9.17, 15) is 14.7 Å². The zero-order chi connectivity index (χ0) is 17.1. The fourth-order valence-corrected chi connectivity index (χ4v) is 3.57. The van der Waals surface area contributed by atoms with Gasteiger partial charge in [-0.1, -0.05) is 0 Å². The van der Waals surface area contributed by atoms with Gasteiger partial charge < -0.3 is 19.6 Å². The highest BCUT2D eigenvalue weighted by atomic mass is 16.5. The first-order valence-corrected chi connectivity index (χ1v) is 8.24. The fraction of sp³-hybridized carbons (Fsp3) is 0.625. The molecule has 1 N–H and O–H groups in total. The van der Waals surface area contributed by atoms with Crippen molar-refractivity contribution in [3.8, 4) is 5.88 Å². The second-order valence-corrected chi connectivity index (χ2v) is 6.21. The monoisotopic (exact) mass is 334 g/mol. The molecule has 2 aliphatic rings. The molecule has 0 bridgehead atoms. The van der Waals surface area contributed by atoms with Crippen molar-refractivity contribution >= 4 is 17.6 Å². The van der Waals surface area contributed by atoms with Crippen LogP contribution in [0.5, 0.6) is 5.88 Å². The van der Waals surface area contributed by atoms with Crippen LogP contribution in [0.2, 0.25) is 0 Å². The maximum atomic E-state index is 12.7. The molecule has 8 nitrogen and oxygen atoms in total. The number of carboxylic acid groups (broad SMARTS) is 1. The van der Waals surface area contributed by atoms with E-state index in [1.165, 1.54) is 6.33 Å². The standard InChI is InChI=1S/C16H22N4O4/c1-24-14-13(9-17-10-18-14)19-7-4-11(5-8-19)15(21)20-6-2-3-12(20)16(22)23/h9-12H,2-8H2,1H3,(H,22,23). The molecule has 8 heteroatoms. The molecule has 2 saturated heterocycles. The highest BCUT2D eigenvalue weighted by molar-refractivity contribution is 5.85. The zero-order valence-corrected chi connectivity index (χ0v) is 13.7. The number of likely N-dealkylation sites (tertiary alicyclic amines) is 1. The van der Waals surface area contributed by atoms with Crippen LogP contribution in [0, 0.1) is 5.92 Å². The first kappa shape index (κ1) is 16.5. The minimum absolute atomic E-state index is 0.0178. The average Bonchev–Trinajstić information content (AvgIpc) is 3.11. The van der Waals surface area contributed by atoms with E-state index in [2.05, 4.69) is 14.9 Å². The molecule has 1 amide bonds. The second kappa shape index (κ2) is 7.02. The van der Waals surface area contributed by atoms with Gasteiger partial charge in [0.1, 0.15) is 18.1 Å². The number of ether oxygens (including phenoxy) is 1. The highest BCUT2D eigenvalue weighted by Crippen LogP contribution is 2.30. The van der Waals surface area contributed by atoms with Crippen LogP contribution < -0.4 is 9.64 Å². The molecule has 24 heavy (non-hydrogen) atoms. The number of carbonyl (C=O) groups is 2. The SMILES string of the molecule is COc1ncncc1N1CCC(C(=O)N2CCCC2C(=O)O)CC1. The number of hydrogen-bond acceptors (Lipinski definition) is 6. The topological polar surface area (TPSA) is 95.9 Å². The van der Waals surface area contributed by atoms with Gasteiger partial charge in [-0.05, 0) is 25.7 Å². The Labute approximate surface area is 140 Å². The van der Waals surface area contributed by atoms with Crippen molar-refractivity contribution in [2.75, 3.05) is 31.6 Å². The second-order valence-electron chi connectivity index (χ2n) is 6.21. The summed E-state index contributed by atoms with van der Waals surface area (Å²) < 4.78 is 5.26. The number of piperidine rings is 1. The van der Waals surface area contributed by atoms with Crippen molar-refractivity contribution in [1.82, 2.24) is 14.9 Å². The van der Waals surface area contributed by atoms with Gasteiger partial charge in [0.25, 0.3) is 0 Å². The lowest BCUT2D eigenvalue weighted by Crippen LogP contribution is -2.46. The molecule has 0 aromatic carbocycles. The summed E-state index contributed by atoms with van der Waals surface area (Å²) in [6, 6.07) is -0.654. The number of rotatable bonds is 4. The molecule has 1 aromatic heterocycles. The smallest absolute Gasteiger partial charge is 0.326 e. The molecule has 2 fully saturated rings. The van der Waals surface area contributed by atoms with E-state index in [1.54, 1.807) is 18.2 Å². The number of amides is 1. The maximum absolute atomic E-state index is 12.7. The minimum Gasteiger partial charge on any atom is -0.480 e. The number of hydrogen-bond donors (Lipinski definition) is 1. The number of aliphatic carboxylic acids is 1. The van der Waals surface area contributed by atoms with Crippen LogP contribution in [-0.2, 0) is 9.59 Å². The van der Waals surface area contributed by atoms with E-state index in [0.717, 1.165) is 12.1 Å². The Hall–Kier alpha value is -2.38. The Kier molecular flexibility index (Phi) is 4.82. The maximum Gasteiger partial charge on any atom is 0.326 e. The number of carboxylic acids is 1. The fourth-order valence-electron chi connectivity index (χ4n) is 3.57. The Bertz CT molecular complexity index is 616. The van der Waals surface area contributed by atoms with Crippen molar-refractivity contribution in [3.63, 3.8) is 0 Å². The molecule has 130 valence electrons. The van der Waals surface area contributed by atoms with Gasteiger partial charge in [-0.25, -0.2) is 14.8 Å². The molecular weight excluding hydrogens is 312 g/mol. The summed E-state index contributed by atoms with van der Waals surface area (Å²) in [5, 5.41) is 9.25. The van der Waals surface area contributed by atoms with Crippen molar-refractivity contribution in [2.24, 2.45) is 5.92 Å². The van der Waals surface area contributed by atoms with Crippen molar-refractivity contribution in [2.45, 2.75) is 31.7 Å². The van der Waals surface area contributed by atoms with Gasteiger partial charge in [-0.2, -0.15) is 0 Å². The molecule has 0 aliphatic carbocycles. The first-order valence-electron chi connectivity index (χ1n) is 8.24. The Morgan fingerprint density at radius 1 is 1.25 bits per heavy atom. The van der Waals surface area contributed by atoms with E-state index in [0.29, 0.717) is 44.8 Å². The Morgan fingerprint density at radius 2 is 2.00 bits per heavy atom. The van der Waals surface area contributed by atoms with E-state index in [-0.39, 0.29) is 11.8 Å². The van der Waals surface area contributed by atoms with Crippen LogP contribution in [0.1, 0.15) is 25.7 Å². The molecule has 0 radical (unpaired) electrons. The third-order valence-electron chi connectivity index (χ3n) is 4.86. The van der Waals surface area contributed by atoms with Gasteiger partial charge in [0.05, 0.1) is 13.3 Å². The summed E-state index contributed by atoms with van der Waals surface area (Å²) in [4.78, 5) is 35.8. The Balaban J connectivity index is 1.62. The van der Waals surface area contributed by atoms with Gasteiger partial charge in [-0.3, -0.25) is 4.79 Å². The lowest BCUT2D eigenvalue weighted by Gasteiger charge is -2.35. The van der Waals surface area contributed by atoms with Gasteiger partial charge in [0.2, 0.25) is 11.8 Å². The summed E-state index contributed by atoms with van der Waals surface area (Å²) in [6.07, 6.45) is 5.87. The van der Waals surface area contributed by atoms with Crippen LogP contribution in [-0.4, -0.2) is 64.6 Å². The van der Waals surface area contributed by atoms with E-state index >= 15 is 0 Å². The molecule has 1 atom stereocenters. The predicted molar refractivity (Wildman–Crippen MR) is 85.9 cm³/mol. The minimum atomic E-state index is -0.899. The molecular formula is C16H22N4O4. The number of aromatic nitrogens is 2. The van der Waals surface area contributed by atoms with Crippen LogP contribution in [0.4, 0.5) is 5.69 Å². The number of anilines is 1. The number of nitrogens with zero attached hydrogens (tertiary/aromatic N) is 4. The van der Waals surface area contributed by atoms with E-state index < -0.39 is 12.0 Å². The quantitative estimate of drug-likeness (QED) is 0.869. The van der Waals surface area contributed by atoms with E-state index in [1.807, 2.05) is 0 Å². The zero-order valence-electron chi connectivity index (χ0n) is 13.7. The lowest BCUT2D eigenvalue weighted by atomic mass is 9.94. The van der Waals surface area contributed by atoms with Crippen LogP contribution in [0.25, 0.3) is 0 Å². The summed E-state index contributed by atoms with van der Waals surface area (Å²) >= 11 is 0. The summed E-state index contributed by atoms with van der Waals surface area (Å²) in [6.45, 7) is 1.95. The lowest BCUT2D eigenvalue weighted by molar-refractivity contribution is -0.150. The Morgan fingerprint density at radius 3 is 2.67 bits per heavy atom. The van der Waals surface area contributed by atoms with Crippen LogP contribution >= 0.6 is 0 Å². The average molecular weight is 334 g/mol. The van der Waals surface area contributed by atoms with E-state index in [4.69, 9.17) is 4.74 Å². The van der Waals surface area contributed by atoms with Gasteiger partial charge in [0.15, 0.2) is 0 Å². The van der Waals surface area contributed by atoms with Gasteiger partial charge in [-0.15, -0.1) is 0 Å². The summed E-state index contributed by atoms with van der Waals surface area (Å²) in [5.74, 6) is -0.502. The van der Waals surface area contributed by atoms with Crippen molar-refractivity contribution in [3.05, 3.63) is 12.5 Å². The van der Waals surface area contributed by atoms with Gasteiger partial charge >= 0.3 is 5.97 Å². The number of carbonyl (C=O) groups excluding carboxylic acids is 1. The predicted octanol–water partition coefficient (Wildman–Crippen LogP) is 0.777. The van der Waals surface area contributed by atoms with Gasteiger partial charge in [0, 0.05) is 25.6 Å². The van der Waals surface area contributed by atoms with Crippen molar-refractivity contribution in [1.29, 1.82) is 0 Å². The summed E-state index contributed by atoms with van der Waals surface area (Å²) in [5.41, 5.74) is 0.829. The molecule has 0 spiro atoms. The first-order chi connectivity index (χ1) is 11.6. The third-order valence-corrected chi connectivity index (χ3v) is 4.86. The highest BCUT2D eigenvalue weighted by Gasteiger charge is 2.38. The molecule has 1 aromatic rings. The molecule has 2 aliphatic heterocycles. The van der Waals surface area contributed by atoms with Crippen LogP contribution in [0.3, 0.4) is 0 Å². The normalized spacial score (nSPS) is 21.8. The number of methoxy groups -OCH3 is 1. The van der Waals surface area contributed by atoms with Crippen LogP contribution in [0.15, 0.2) is 12.5 Å². The molecule has 3 heterocycles. The third kappa shape index (κ3) is 3.13. The molecule has 3 rings (SSSR count).